The van der Waals surface area contributed by atoms with Gasteiger partial charge in [-0.3, -0.25) is 9.36 Å². The first-order valence-corrected chi connectivity index (χ1v) is 12.6. The first-order valence-electron chi connectivity index (χ1n) is 9.75. The Bertz CT molecular complexity index is 1170. The van der Waals surface area contributed by atoms with Crippen molar-refractivity contribution in [2.24, 2.45) is 0 Å². The van der Waals surface area contributed by atoms with Crippen molar-refractivity contribution in [3.63, 3.8) is 0 Å². The molecule has 1 N–H and O–H groups in total. The zero-order valence-corrected chi connectivity index (χ0v) is 18.2. The number of carbonyl (C=O) groups is 1. The molecule has 31 heavy (non-hydrogen) atoms. The van der Waals surface area contributed by atoms with Crippen molar-refractivity contribution in [1.29, 1.82) is 0 Å². The van der Waals surface area contributed by atoms with E-state index in [0.29, 0.717) is 23.9 Å². The molecule has 10 heteroatoms. The third-order valence-electron chi connectivity index (χ3n) is 4.93. The number of hydrogen-bond acceptors (Lipinski definition) is 6. The number of aromatic nitrogens is 3. The molecule has 1 atom stereocenters. The zero-order valence-electron chi connectivity index (χ0n) is 16.6. The first kappa shape index (κ1) is 21.5. The largest absolute Gasteiger partial charge is 0.352 e. The Hall–Kier alpha value is -2.72. The number of nitrogens with zero attached hydrogens (tertiary/aromatic N) is 3. The highest BCUT2D eigenvalue weighted by Gasteiger charge is 2.29. The van der Waals surface area contributed by atoms with E-state index in [1.807, 2.05) is 34.9 Å². The molecule has 1 aliphatic rings. The molecule has 0 bridgehead atoms. The lowest BCUT2D eigenvalue weighted by Crippen LogP contribution is -2.36. The Kier molecular flexibility index (Phi) is 6.38. The molecular weight excluding hydrogens is 439 g/mol. The molecule has 2 aromatic carbocycles. The summed E-state index contributed by atoms with van der Waals surface area (Å²) in [5.74, 6) is 0.184. The van der Waals surface area contributed by atoms with Crippen LogP contribution in [-0.4, -0.2) is 52.4 Å². The molecule has 7 nitrogen and oxygen atoms in total. The van der Waals surface area contributed by atoms with Gasteiger partial charge in [-0.2, -0.15) is 0 Å². The van der Waals surface area contributed by atoms with E-state index in [4.69, 9.17) is 0 Å². The minimum Gasteiger partial charge on any atom is -0.352 e. The number of sulfone groups is 1. The molecule has 0 spiro atoms. The maximum Gasteiger partial charge on any atom is 0.230 e. The molecule has 0 saturated carbocycles. The highest BCUT2D eigenvalue weighted by Crippen LogP contribution is 2.25. The maximum atomic E-state index is 13.4. The van der Waals surface area contributed by atoms with E-state index in [-0.39, 0.29) is 35.0 Å². The number of nitrogens with one attached hydrogen (secondary N) is 1. The van der Waals surface area contributed by atoms with Crippen LogP contribution in [0.25, 0.3) is 11.4 Å². The molecule has 1 saturated heterocycles. The van der Waals surface area contributed by atoms with Crippen molar-refractivity contribution < 1.29 is 17.6 Å². The SMILES string of the molecule is O=C(CSc1nnc(-c2ccc(F)cc2)n1Cc1ccccc1)NC1CCS(=O)(=O)C1. The van der Waals surface area contributed by atoms with Crippen LogP contribution in [0, 0.1) is 5.82 Å². The van der Waals surface area contributed by atoms with Gasteiger partial charge < -0.3 is 5.32 Å². The second kappa shape index (κ2) is 9.19. The van der Waals surface area contributed by atoms with Crippen LogP contribution in [0.1, 0.15) is 12.0 Å². The quantitative estimate of drug-likeness (QED) is 0.545. The molecule has 2 heterocycles. The molecule has 1 unspecified atom stereocenters. The van der Waals surface area contributed by atoms with Crippen LogP contribution in [0.3, 0.4) is 0 Å². The van der Waals surface area contributed by atoms with Crippen LogP contribution in [0.15, 0.2) is 59.8 Å². The summed E-state index contributed by atoms with van der Waals surface area (Å²) in [6, 6.07) is 15.5. The van der Waals surface area contributed by atoms with Crippen LogP contribution in [0.5, 0.6) is 0 Å². The molecule has 4 rings (SSSR count). The number of hydrogen-bond donors (Lipinski definition) is 1. The summed E-state index contributed by atoms with van der Waals surface area (Å²) in [4.78, 5) is 12.3. The van der Waals surface area contributed by atoms with Gasteiger partial charge in [-0.25, -0.2) is 12.8 Å². The van der Waals surface area contributed by atoms with Gasteiger partial charge in [0.25, 0.3) is 0 Å². The molecule has 162 valence electrons. The van der Waals surface area contributed by atoms with E-state index in [1.165, 1.54) is 23.9 Å². The monoisotopic (exact) mass is 460 g/mol. The standard InChI is InChI=1S/C21H21FN4O3S2/c22-17-8-6-16(7-9-17)20-24-25-21(26(20)12-15-4-2-1-3-5-15)30-13-19(27)23-18-10-11-31(28,29)14-18/h1-9,18H,10-14H2,(H,23,27). The first-order chi connectivity index (χ1) is 14.9. The van der Waals surface area contributed by atoms with Gasteiger partial charge in [-0.15, -0.1) is 10.2 Å². The van der Waals surface area contributed by atoms with Gasteiger partial charge in [0.2, 0.25) is 5.91 Å². The zero-order chi connectivity index (χ0) is 21.8. The second-order valence-electron chi connectivity index (χ2n) is 7.34. The summed E-state index contributed by atoms with van der Waals surface area (Å²) < 4.78 is 38.4. The number of halogens is 1. The Balaban J connectivity index is 1.51. The van der Waals surface area contributed by atoms with Gasteiger partial charge in [0.1, 0.15) is 5.82 Å². The van der Waals surface area contributed by atoms with Crippen LogP contribution in [-0.2, 0) is 21.2 Å². The third-order valence-corrected chi connectivity index (χ3v) is 7.67. The highest BCUT2D eigenvalue weighted by atomic mass is 32.2. The Morgan fingerprint density at radius 1 is 1.13 bits per heavy atom. The topological polar surface area (TPSA) is 93.9 Å². The predicted octanol–water partition coefficient (Wildman–Crippen LogP) is 2.53. The molecular formula is C21H21FN4O3S2. The van der Waals surface area contributed by atoms with Crippen molar-refractivity contribution in [1.82, 2.24) is 20.1 Å². The average Bonchev–Trinajstić information content (AvgIpc) is 3.30. The number of carbonyl (C=O) groups excluding carboxylic acids is 1. The van der Waals surface area contributed by atoms with Gasteiger partial charge in [-0.1, -0.05) is 42.1 Å². The molecule has 0 aliphatic carbocycles. The molecule has 1 aromatic heterocycles. The molecule has 1 amide bonds. The lowest BCUT2D eigenvalue weighted by molar-refractivity contribution is -0.119. The van der Waals surface area contributed by atoms with Gasteiger partial charge >= 0.3 is 0 Å². The number of amides is 1. The van der Waals surface area contributed by atoms with Gasteiger partial charge in [0.05, 0.1) is 23.8 Å². The van der Waals surface area contributed by atoms with Crippen molar-refractivity contribution >= 4 is 27.5 Å². The Morgan fingerprint density at radius 2 is 1.87 bits per heavy atom. The Morgan fingerprint density at radius 3 is 2.55 bits per heavy atom. The lowest BCUT2D eigenvalue weighted by Gasteiger charge is -2.12. The summed E-state index contributed by atoms with van der Waals surface area (Å²) in [5.41, 5.74) is 1.76. The van der Waals surface area contributed by atoms with E-state index < -0.39 is 9.84 Å². The fourth-order valence-electron chi connectivity index (χ4n) is 3.42. The molecule has 1 aliphatic heterocycles. The lowest BCUT2D eigenvalue weighted by atomic mass is 10.2. The van der Waals surface area contributed by atoms with Crippen molar-refractivity contribution in [3.05, 3.63) is 66.0 Å². The number of benzene rings is 2. The van der Waals surface area contributed by atoms with Crippen LogP contribution in [0.2, 0.25) is 0 Å². The van der Waals surface area contributed by atoms with E-state index in [2.05, 4.69) is 15.5 Å². The van der Waals surface area contributed by atoms with E-state index >= 15 is 0 Å². The maximum absolute atomic E-state index is 13.4. The highest BCUT2D eigenvalue weighted by molar-refractivity contribution is 7.99. The normalized spacial score (nSPS) is 17.5. The van der Waals surface area contributed by atoms with Gasteiger partial charge in [-0.05, 0) is 36.2 Å². The van der Waals surface area contributed by atoms with Gasteiger partial charge in [0.15, 0.2) is 20.8 Å². The van der Waals surface area contributed by atoms with Crippen molar-refractivity contribution in [2.45, 2.75) is 24.2 Å². The third kappa shape index (κ3) is 5.50. The average molecular weight is 461 g/mol. The molecule has 0 radical (unpaired) electrons. The van der Waals surface area contributed by atoms with Gasteiger partial charge in [0, 0.05) is 11.6 Å². The van der Waals surface area contributed by atoms with E-state index in [0.717, 1.165) is 11.1 Å². The molecule has 1 fully saturated rings. The summed E-state index contributed by atoms with van der Waals surface area (Å²) in [5, 5.41) is 11.8. The summed E-state index contributed by atoms with van der Waals surface area (Å²) in [6.07, 6.45) is 0.442. The van der Waals surface area contributed by atoms with Crippen LogP contribution >= 0.6 is 11.8 Å². The summed E-state index contributed by atoms with van der Waals surface area (Å²) >= 11 is 1.23. The summed E-state index contributed by atoms with van der Waals surface area (Å²) in [7, 11) is -3.05. The Labute approximate surface area is 184 Å². The second-order valence-corrected chi connectivity index (χ2v) is 10.5. The minimum atomic E-state index is -3.05. The number of rotatable bonds is 7. The van der Waals surface area contributed by atoms with E-state index in [1.54, 1.807) is 12.1 Å². The van der Waals surface area contributed by atoms with Crippen molar-refractivity contribution in [3.8, 4) is 11.4 Å². The minimum absolute atomic E-state index is 0.0116. The van der Waals surface area contributed by atoms with Crippen LogP contribution < -0.4 is 5.32 Å². The number of thioether (sulfide) groups is 1. The van der Waals surface area contributed by atoms with Crippen LogP contribution in [0.4, 0.5) is 4.39 Å². The predicted molar refractivity (Wildman–Crippen MR) is 117 cm³/mol. The fraction of sp³-hybridized carbons (Fsp3) is 0.286. The fourth-order valence-corrected chi connectivity index (χ4v) is 5.85. The van der Waals surface area contributed by atoms with E-state index in [9.17, 15) is 17.6 Å². The van der Waals surface area contributed by atoms with Crippen molar-refractivity contribution in [2.75, 3.05) is 17.3 Å². The smallest absolute Gasteiger partial charge is 0.230 e. The molecule has 3 aromatic rings. The summed E-state index contributed by atoms with van der Waals surface area (Å²) in [6.45, 7) is 0.491.